The zero-order valence-corrected chi connectivity index (χ0v) is 12.8. The standard InChI is InChI=1S/C13H27N3O2S/c1-2-3-13-4-7-16(12-13)19(17,18)11-10-15-8-5-14-6-9-15/h13-14H,2-12H2,1H3. The smallest absolute Gasteiger partial charge is 0.215 e. The first-order valence-corrected chi connectivity index (χ1v) is 9.13. The quantitative estimate of drug-likeness (QED) is 0.766. The van der Waals surface area contributed by atoms with Crippen LogP contribution >= 0.6 is 0 Å². The summed E-state index contributed by atoms with van der Waals surface area (Å²) < 4.78 is 26.3. The van der Waals surface area contributed by atoms with Gasteiger partial charge in [0.05, 0.1) is 5.75 Å². The van der Waals surface area contributed by atoms with E-state index in [0.29, 0.717) is 12.5 Å². The second-order valence-corrected chi connectivity index (χ2v) is 7.80. The van der Waals surface area contributed by atoms with Gasteiger partial charge in [-0.05, 0) is 18.8 Å². The van der Waals surface area contributed by atoms with E-state index in [1.165, 1.54) is 0 Å². The van der Waals surface area contributed by atoms with Gasteiger partial charge >= 0.3 is 0 Å². The highest BCUT2D eigenvalue weighted by Gasteiger charge is 2.30. The molecule has 0 bridgehead atoms. The van der Waals surface area contributed by atoms with Crippen LogP contribution < -0.4 is 5.32 Å². The number of nitrogens with one attached hydrogen (secondary N) is 1. The molecule has 2 fully saturated rings. The zero-order chi connectivity index (χ0) is 13.7. The number of nitrogens with zero attached hydrogens (tertiary/aromatic N) is 2. The van der Waals surface area contributed by atoms with Gasteiger partial charge in [0.1, 0.15) is 0 Å². The van der Waals surface area contributed by atoms with E-state index in [1.807, 2.05) is 0 Å². The predicted octanol–water partition coefficient (Wildman–Crippen LogP) is 0.343. The van der Waals surface area contributed by atoms with Gasteiger partial charge in [-0.3, -0.25) is 4.90 Å². The molecule has 19 heavy (non-hydrogen) atoms. The molecule has 0 aliphatic carbocycles. The molecule has 1 atom stereocenters. The Bertz CT molecular complexity index is 366. The van der Waals surface area contributed by atoms with Gasteiger partial charge in [-0.25, -0.2) is 12.7 Å². The second-order valence-electron chi connectivity index (χ2n) is 5.71. The molecule has 1 unspecified atom stereocenters. The fraction of sp³-hybridized carbons (Fsp3) is 1.00. The van der Waals surface area contributed by atoms with Crippen molar-refractivity contribution in [2.24, 2.45) is 5.92 Å². The van der Waals surface area contributed by atoms with E-state index >= 15 is 0 Å². The van der Waals surface area contributed by atoms with E-state index in [9.17, 15) is 8.42 Å². The topological polar surface area (TPSA) is 52.7 Å². The van der Waals surface area contributed by atoms with Crippen LogP contribution in [0.15, 0.2) is 0 Å². The van der Waals surface area contributed by atoms with E-state index in [1.54, 1.807) is 4.31 Å². The molecule has 112 valence electrons. The van der Waals surface area contributed by atoms with Gasteiger partial charge in [-0.15, -0.1) is 0 Å². The average Bonchev–Trinajstić information content (AvgIpc) is 2.88. The maximum Gasteiger partial charge on any atom is 0.215 e. The number of hydrogen-bond donors (Lipinski definition) is 1. The summed E-state index contributed by atoms with van der Waals surface area (Å²) in [4.78, 5) is 2.24. The van der Waals surface area contributed by atoms with E-state index in [2.05, 4.69) is 17.1 Å². The van der Waals surface area contributed by atoms with Crippen LogP contribution in [0.5, 0.6) is 0 Å². The molecule has 5 nitrogen and oxygen atoms in total. The Morgan fingerprint density at radius 2 is 1.95 bits per heavy atom. The Hall–Kier alpha value is -0.170. The lowest BCUT2D eigenvalue weighted by Gasteiger charge is -2.27. The number of rotatable bonds is 6. The van der Waals surface area contributed by atoms with Crippen molar-refractivity contribution in [3.8, 4) is 0 Å². The minimum absolute atomic E-state index is 0.284. The summed E-state index contributed by atoms with van der Waals surface area (Å²) in [5, 5.41) is 3.29. The maximum absolute atomic E-state index is 12.3. The molecule has 0 aromatic rings. The SMILES string of the molecule is CCCC1CCN(S(=O)(=O)CCN2CCNCC2)C1. The molecule has 2 aliphatic rings. The third-order valence-electron chi connectivity index (χ3n) is 4.21. The molecule has 2 saturated heterocycles. The van der Waals surface area contributed by atoms with Crippen LogP contribution in [0.25, 0.3) is 0 Å². The van der Waals surface area contributed by atoms with Crippen molar-refractivity contribution < 1.29 is 8.42 Å². The molecule has 0 amide bonds. The molecule has 2 rings (SSSR count). The lowest BCUT2D eigenvalue weighted by molar-refractivity contribution is 0.252. The second kappa shape index (κ2) is 7.02. The fourth-order valence-electron chi connectivity index (χ4n) is 3.00. The van der Waals surface area contributed by atoms with Gasteiger partial charge in [0, 0.05) is 45.8 Å². The predicted molar refractivity (Wildman–Crippen MR) is 77.7 cm³/mol. The van der Waals surface area contributed by atoms with Crippen molar-refractivity contribution in [1.29, 1.82) is 0 Å². The summed E-state index contributed by atoms with van der Waals surface area (Å²) in [6.07, 6.45) is 3.35. The third kappa shape index (κ3) is 4.41. The van der Waals surface area contributed by atoms with Crippen molar-refractivity contribution in [2.45, 2.75) is 26.2 Å². The zero-order valence-electron chi connectivity index (χ0n) is 12.0. The summed E-state index contributed by atoms with van der Waals surface area (Å²) >= 11 is 0. The first-order valence-electron chi connectivity index (χ1n) is 7.52. The van der Waals surface area contributed by atoms with Crippen molar-refractivity contribution in [1.82, 2.24) is 14.5 Å². The lowest BCUT2D eigenvalue weighted by Crippen LogP contribution is -2.46. The van der Waals surface area contributed by atoms with Crippen LogP contribution in [-0.2, 0) is 10.0 Å². The lowest BCUT2D eigenvalue weighted by atomic mass is 10.0. The first kappa shape index (κ1) is 15.2. The van der Waals surface area contributed by atoms with Gasteiger partial charge in [0.25, 0.3) is 0 Å². The van der Waals surface area contributed by atoms with Crippen molar-refractivity contribution in [3.63, 3.8) is 0 Å². The number of hydrogen-bond acceptors (Lipinski definition) is 4. The summed E-state index contributed by atoms with van der Waals surface area (Å²) in [5.41, 5.74) is 0. The monoisotopic (exact) mass is 289 g/mol. The molecule has 0 aromatic heterocycles. The molecule has 2 heterocycles. The first-order chi connectivity index (χ1) is 9.12. The van der Waals surface area contributed by atoms with Crippen molar-refractivity contribution >= 4 is 10.0 Å². The number of piperazine rings is 1. The molecular formula is C13H27N3O2S. The minimum Gasteiger partial charge on any atom is -0.314 e. The van der Waals surface area contributed by atoms with E-state index in [-0.39, 0.29) is 5.75 Å². The molecule has 6 heteroatoms. The molecule has 0 aromatic carbocycles. The highest BCUT2D eigenvalue weighted by Crippen LogP contribution is 2.23. The van der Waals surface area contributed by atoms with Gasteiger partial charge in [0.15, 0.2) is 0 Å². The van der Waals surface area contributed by atoms with Crippen LogP contribution in [0.4, 0.5) is 0 Å². The molecule has 2 aliphatic heterocycles. The normalized spacial score (nSPS) is 26.9. The van der Waals surface area contributed by atoms with Crippen LogP contribution in [0.3, 0.4) is 0 Å². The molecule has 0 saturated carbocycles. The fourth-order valence-corrected chi connectivity index (χ4v) is 4.57. The number of sulfonamides is 1. The van der Waals surface area contributed by atoms with Crippen LogP contribution in [-0.4, -0.2) is 69.2 Å². The van der Waals surface area contributed by atoms with Crippen LogP contribution in [0.1, 0.15) is 26.2 Å². The molecule has 1 N–H and O–H groups in total. The van der Waals surface area contributed by atoms with E-state index in [4.69, 9.17) is 0 Å². The van der Waals surface area contributed by atoms with Gasteiger partial charge in [0.2, 0.25) is 10.0 Å². The van der Waals surface area contributed by atoms with Crippen LogP contribution in [0, 0.1) is 5.92 Å². The maximum atomic E-state index is 12.3. The van der Waals surface area contributed by atoms with E-state index in [0.717, 1.165) is 58.5 Å². The van der Waals surface area contributed by atoms with E-state index < -0.39 is 10.0 Å². The van der Waals surface area contributed by atoms with Crippen molar-refractivity contribution in [2.75, 3.05) is 51.6 Å². The Morgan fingerprint density at radius 1 is 1.21 bits per heavy atom. The highest BCUT2D eigenvalue weighted by molar-refractivity contribution is 7.89. The third-order valence-corrected chi connectivity index (χ3v) is 6.03. The largest absolute Gasteiger partial charge is 0.314 e. The van der Waals surface area contributed by atoms with Crippen LogP contribution in [0.2, 0.25) is 0 Å². The van der Waals surface area contributed by atoms with Gasteiger partial charge < -0.3 is 5.32 Å². The Morgan fingerprint density at radius 3 is 2.63 bits per heavy atom. The summed E-state index contributed by atoms with van der Waals surface area (Å²) in [5.74, 6) is 0.866. The molecular weight excluding hydrogens is 262 g/mol. The molecule has 0 radical (unpaired) electrons. The van der Waals surface area contributed by atoms with Crippen molar-refractivity contribution in [3.05, 3.63) is 0 Å². The summed E-state index contributed by atoms with van der Waals surface area (Å²) in [7, 11) is -3.04. The summed E-state index contributed by atoms with van der Waals surface area (Å²) in [6, 6.07) is 0. The average molecular weight is 289 g/mol. The van der Waals surface area contributed by atoms with Gasteiger partial charge in [-0.2, -0.15) is 0 Å². The Kier molecular flexibility index (Phi) is 5.62. The summed E-state index contributed by atoms with van der Waals surface area (Å²) in [6.45, 7) is 8.21. The minimum atomic E-state index is -3.04. The Labute approximate surface area is 117 Å². The highest BCUT2D eigenvalue weighted by atomic mass is 32.2. The Balaban J connectivity index is 1.78. The van der Waals surface area contributed by atoms with Gasteiger partial charge in [-0.1, -0.05) is 13.3 Å². The molecule has 0 spiro atoms.